The molecule has 0 bridgehead atoms. The Hall–Kier alpha value is -1.62. The molecular weight excluding hydrogens is 234 g/mol. The van der Waals surface area contributed by atoms with Crippen LogP contribution in [0, 0.1) is 11.7 Å². The number of nitrogens with one attached hydrogen (secondary N) is 1. The van der Waals surface area contributed by atoms with Crippen LogP contribution in [-0.4, -0.2) is 19.9 Å². The van der Waals surface area contributed by atoms with Crippen LogP contribution in [0.15, 0.2) is 18.2 Å². The molecule has 1 aromatic heterocycles. The minimum absolute atomic E-state index is 0.266. The summed E-state index contributed by atoms with van der Waals surface area (Å²) in [6.45, 7) is 4.89. The first-order chi connectivity index (χ1) is 8.13. The number of H-pyrrole nitrogens is 1. The predicted molar refractivity (Wildman–Crippen MR) is 69.5 cm³/mol. The van der Waals surface area contributed by atoms with Crippen molar-refractivity contribution in [1.29, 1.82) is 0 Å². The van der Waals surface area contributed by atoms with Crippen LogP contribution in [0.5, 0.6) is 5.75 Å². The van der Waals surface area contributed by atoms with Crippen LogP contribution >= 0.6 is 12.2 Å². The Bertz CT molecular complexity index is 586. The molecule has 0 saturated carbocycles. The Labute approximate surface area is 105 Å². The van der Waals surface area contributed by atoms with Crippen molar-refractivity contribution in [2.75, 3.05) is 0 Å². The summed E-state index contributed by atoms with van der Waals surface area (Å²) >= 11 is 5.20. The van der Waals surface area contributed by atoms with Gasteiger partial charge in [0.15, 0.2) is 10.6 Å². The van der Waals surface area contributed by atoms with E-state index in [4.69, 9.17) is 12.2 Å². The molecule has 0 aliphatic carbocycles. The summed E-state index contributed by atoms with van der Waals surface area (Å²) in [7, 11) is 0. The number of nitrogens with zero attached hydrogens (tertiary/aromatic N) is 2. The van der Waals surface area contributed by atoms with E-state index in [0.717, 1.165) is 29.9 Å². The number of aromatic hydroxyl groups is 1. The zero-order valence-corrected chi connectivity index (χ0v) is 10.7. The molecule has 0 fully saturated rings. The minimum Gasteiger partial charge on any atom is -0.508 e. The summed E-state index contributed by atoms with van der Waals surface area (Å²) in [4.78, 5) is 0. The molecule has 0 amide bonds. The maximum Gasteiger partial charge on any atom is 0.195 e. The van der Waals surface area contributed by atoms with Crippen molar-refractivity contribution in [3.05, 3.63) is 28.5 Å². The highest BCUT2D eigenvalue weighted by atomic mass is 32.1. The van der Waals surface area contributed by atoms with E-state index in [1.807, 2.05) is 17.6 Å². The maximum atomic E-state index is 9.41. The summed E-state index contributed by atoms with van der Waals surface area (Å²) in [5, 5.41) is 16.5. The minimum atomic E-state index is 0.266. The average Bonchev–Trinajstić information content (AvgIpc) is 2.62. The molecule has 2 aromatic rings. The van der Waals surface area contributed by atoms with E-state index < -0.39 is 0 Å². The van der Waals surface area contributed by atoms with E-state index >= 15 is 0 Å². The third kappa shape index (κ3) is 2.24. The van der Waals surface area contributed by atoms with Crippen LogP contribution in [0.3, 0.4) is 0 Å². The second kappa shape index (κ2) is 4.71. The largest absolute Gasteiger partial charge is 0.508 e. The molecule has 4 nitrogen and oxygen atoms in total. The van der Waals surface area contributed by atoms with E-state index in [1.54, 1.807) is 12.1 Å². The van der Waals surface area contributed by atoms with Gasteiger partial charge in [-0.25, -0.2) is 0 Å². The van der Waals surface area contributed by atoms with Gasteiger partial charge in [0.1, 0.15) is 5.75 Å². The molecule has 0 aliphatic heterocycles. The first-order valence-electron chi connectivity index (χ1n) is 5.58. The molecule has 0 atom stereocenters. The number of aryl methyl sites for hydroxylation is 1. The number of phenols is 1. The lowest BCUT2D eigenvalue weighted by Gasteiger charge is -2.08. The molecule has 5 heteroatoms. The van der Waals surface area contributed by atoms with Gasteiger partial charge in [-0.2, -0.15) is 5.10 Å². The van der Waals surface area contributed by atoms with Crippen molar-refractivity contribution in [2.24, 2.45) is 0 Å². The Morgan fingerprint density at radius 2 is 2.24 bits per heavy atom. The Balaban J connectivity index is 2.56. The van der Waals surface area contributed by atoms with E-state index in [-0.39, 0.29) is 5.75 Å². The molecule has 17 heavy (non-hydrogen) atoms. The van der Waals surface area contributed by atoms with Crippen molar-refractivity contribution in [3.63, 3.8) is 0 Å². The normalized spacial score (nSPS) is 10.7. The SMILES string of the molecule is CCCn1c(-c2ccc(O)cc2C)n[nH]c1=S. The fraction of sp³-hybridized carbons (Fsp3) is 0.333. The average molecular weight is 249 g/mol. The van der Waals surface area contributed by atoms with Gasteiger partial charge in [0, 0.05) is 12.1 Å². The molecule has 0 aliphatic rings. The van der Waals surface area contributed by atoms with Gasteiger partial charge in [-0.3, -0.25) is 5.10 Å². The van der Waals surface area contributed by atoms with E-state index in [1.165, 1.54) is 0 Å². The standard InChI is InChI=1S/C12H15N3OS/c1-3-6-15-11(13-14-12(15)17)10-5-4-9(16)7-8(10)2/h4-5,7,16H,3,6H2,1-2H3,(H,14,17). The van der Waals surface area contributed by atoms with E-state index in [0.29, 0.717) is 4.77 Å². The van der Waals surface area contributed by atoms with Crippen molar-refractivity contribution < 1.29 is 5.11 Å². The molecule has 1 heterocycles. The summed E-state index contributed by atoms with van der Waals surface area (Å²) in [5.41, 5.74) is 1.97. The summed E-state index contributed by atoms with van der Waals surface area (Å²) < 4.78 is 2.61. The van der Waals surface area contributed by atoms with Gasteiger partial charge in [0.25, 0.3) is 0 Å². The highest BCUT2D eigenvalue weighted by Crippen LogP contribution is 2.25. The van der Waals surface area contributed by atoms with Crippen molar-refractivity contribution >= 4 is 12.2 Å². The van der Waals surface area contributed by atoms with E-state index in [9.17, 15) is 5.11 Å². The van der Waals surface area contributed by atoms with Crippen molar-refractivity contribution in [2.45, 2.75) is 26.8 Å². The number of hydrogen-bond donors (Lipinski definition) is 2. The van der Waals surface area contributed by atoms with Crippen LogP contribution in [-0.2, 0) is 6.54 Å². The first-order valence-corrected chi connectivity index (χ1v) is 5.99. The second-order valence-electron chi connectivity index (χ2n) is 4.00. The smallest absolute Gasteiger partial charge is 0.195 e. The lowest BCUT2D eigenvalue weighted by molar-refractivity contribution is 0.475. The highest BCUT2D eigenvalue weighted by Gasteiger charge is 2.10. The molecular formula is C12H15N3OS. The molecule has 0 saturated heterocycles. The van der Waals surface area contributed by atoms with Gasteiger partial charge < -0.3 is 9.67 Å². The van der Waals surface area contributed by atoms with Crippen LogP contribution < -0.4 is 0 Å². The topological polar surface area (TPSA) is 53.8 Å². The van der Waals surface area contributed by atoms with Gasteiger partial charge in [0.2, 0.25) is 0 Å². The number of hydrogen-bond acceptors (Lipinski definition) is 3. The lowest BCUT2D eigenvalue weighted by Crippen LogP contribution is -2.00. The fourth-order valence-corrected chi connectivity index (χ4v) is 2.08. The van der Waals surface area contributed by atoms with Gasteiger partial charge >= 0.3 is 0 Å². The second-order valence-corrected chi connectivity index (χ2v) is 4.39. The molecule has 0 radical (unpaired) electrons. The highest BCUT2D eigenvalue weighted by molar-refractivity contribution is 7.71. The fourth-order valence-electron chi connectivity index (χ4n) is 1.85. The Morgan fingerprint density at radius 3 is 2.88 bits per heavy atom. The number of aromatic nitrogens is 3. The number of rotatable bonds is 3. The zero-order valence-electron chi connectivity index (χ0n) is 9.90. The Morgan fingerprint density at radius 1 is 1.47 bits per heavy atom. The number of benzene rings is 1. The van der Waals surface area contributed by atoms with Gasteiger partial charge in [-0.05, 0) is 49.3 Å². The van der Waals surface area contributed by atoms with Crippen LogP contribution in [0.2, 0.25) is 0 Å². The molecule has 0 unspecified atom stereocenters. The monoisotopic (exact) mass is 249 g/mol. The first kappa shape index (κ1) is 11.9. The Kier molecular flexibility index (Phi) is 3.28. The van der Waals surface area contributed by atoms with Crippen LogP contribution in [0.25, 0.3) is 11.4 Å². The van der Waals surface area contributed by atoms with Gasteiger partial charge in [-0.15, -0.1) is 0 Å². The molecule has 0 spiro atoms. The summed E-state index contributed by atoms with van der Waals surface area (Å²) in [5.74, 6) is 1.09. The number of aromatic amines is 1. The van der Waals surface area contributed by atoms with Crippen molar-refractivity contribution in [3.8, 4) is 17.1 Å². The van der Waals surface area contributed by atoms with Crippen LogP contribution in [0.4, 0.5) is 0 Å². The number of phenolic OH excluding ortho intramolecular Hbond substituents is 1. The van der Waals surface area contributed by atoms with Crippen molar-refractivity contribution in [1.82, 2.24) is 14.8 Å². The molecule has 1 aromatic carbocycles. The summed E-state index contributed by atoms with van der Waals surface area (Å²) in [6, 6.07) is 5.25. The molecule has 90 valence electrons. The van der Waals surface area contributed by atoms with Gasteiger partial charge in [-0.1, -0.05) is 6.92 Å². The lowest BCUT2D eigenvalue weighted by atomic mass is 10.1. The maximum absolute atomic E-state index is 9.41. The predicted octanol–water partition coefficient (Wildman–Crippen LogP) is 3.03. The third-order valence-corrected chi connectivity index (χ3v) is 2.97. The summed E-state index contributed by atoms with van der Waals surface area (Å²) in [6.07, 6.45) is 0.998. The third-order valence-electron chi connectivity index (χ3n) is 2.66. The zero-order chi connectivity index (χ0) is 12.4. The molecule has 2 N–H and O–H groups in total. The van der Waals surface area contributed by atoms with Crippen LogP contribution in [0.1, 0.15) is 18.9 Å². The van der Waals surface area contributed by atoms with Gasteiger partial charge in [0.05, 0.1) is 0 Å². The molecule has 2 rings (SSSR count). The van der Waals surface area contributed by atoms with E-state index in [2.05, 4.69) is 17.1 Å². The quantitative estimate of drug-likeness (QED) is 0.822.